The van der Waals surface area contributed by atoms with Crippen LogP contribution in [0.2, 0.25) is 0 Å². The summed E-state index contributed by atoms with van der Waals surface area (Å²) in [6.07, 6.45) is 8.04. The van der Waals surface area contributed by atoms with Crippen LogP contribution in [0, 0.1) is 5.41 Å². The Hall–Kier alpha value is -3.31. The zero-order chi connectivity index (χ0) is 23.8. The van der Waals surface area contributed by atoms with Crippen molar-refractivity contribution in [2.45, 2.75) is 43.5 Å². The third-order valence-electron chi connectivity index (χ3n) is 6.43. The van der Waals surface area contributed by atoms with Crippen LogP contribution < -0.4 is 5.56 Å². The van der Waals surface area contributed by atoms with Crippen molar-refractivity contribution in [1.29, 1.82) is 0 Å². The van der Waals surface area contributed by atoms with Crippen LogP contribution >= 0.6 is 0 Å². The number of aromatic amines is 1. The summed E-state index contributed by atoms with van der Waals surface area (Å²) in [6, 6.07) is 5.83. The number of carboxylic acid groups (broad SMARTS) is 1. The van der Waals surface area contributed by atoms with Gasteiger partial charge in [0.1, 0.15) is 4.90 Å². The SMILES string of the molecule is CN([C@@H]1CCC[C@]1(C)C(=O)O)S(=O)(=O)c1ccc(-n2[nH]cc(Cc3cccnc3)c2=O)nc1. The smallest absolute Gasteiger partial charge is 0.310 e. The molecule has 0 unspecified atom stereocenters. The lowest BCUT2D eigenvalue weighted by Crippen LogP contribution is -2.47. The van der Waals surface area contributed by atoms with E-state index in [2.05, 4.69) is 15.1 Å². The van der Waals surface area contributed by atoms with Crippen molar-refractivity contribution < 1.29 is 18.3 Å². The molecule has 3 heterocycles. The molecule has 1 aliphatic carbocycles. The van der Waals surface area contributed by atoms with Crippen LogP contribution in [0.5, 0.6) is 0 Å². The van der Waals surface area contributed by atoms with E-state index >= 15 is 0 Å². The fourth-order valence-electron chi connectivity index (χ4n) is 4.40. The van der Waals surface area contributed by atoms with Gasteiger partial charge in [0, 0.05) is 49.9 Å². The molecule has 174 valence electrons. The number of H-pyrrole nitrogens is 1. The molecule has 1 aliphatic rings. The van der Waals surface area contributed by atoms with E-state index in [0.29, 0.717) is 31.2 Å². The number of carboxylic acids is 1. The van der Waals surface area contributed by atoms with E-state index in [9.17, 15) is 23.1 Å². The molecule has 0 saturated heterocycles. The highest BCUT2D eigenvalue weighted by atomic mass is 32.2. The average Bonchev–Trinajstić information content (AvgIpc) is 3.37. The predicted molar refractivity (Wildman–Crippen MR) is 120 cm³/mol. The van der Waals surface area contributed by atoms with Gasteiger partial charge in [-0.1, -0.05) is 12.5 Å². The fraction of sp³-hybridized carbons (Fsp3) is 0.364. The minimum absolute atomic E-state index is 0.0661. The second-order valence-electron chi connectivity index (χ2n) is 8.48. The van der Waals surface area contributed by atoms with Gasteiger partial charge in [-0.15, -0.1) is 0 Å². The number of carbonyl (C=O) groups is 1. The maximum atomic E-state index is 13.2. The first-order valence-corrected chi connectivity index (χ1v) is 11.9. The lowest BCUT2D eigenvalue weighted by Gasteiger charge is -2.33. The third-order valence-corrected chi connectivity index (χ3v) is 8.28. The number of rotatable bonds is 7. The molecule has 0 amide bonds. The van der Waals surface area contributed by atoms with Crippen LogP contribution in [0.4, 0.5) is 0 Å². The highest BCUT2D eigenvalue weighted by molar-refractivity contribution is 7.89. The third kappa shape index (κ3) is 4.09. The van der Waals surface area contributed by atoms with Gasteiger partial charge in [-0.25, -0.2) is 18.1 Å². The fourth-order valence-corrected chi connectivity index (χ4v) is 5.83. The maximum absolute atomic E-state index is 13.2. The van der Waals surface area contributed by atoms with Crippen molar-refractivity contribution in [3.63, 3.8) is 0 Å². The Balaban J connectivity index is 1.57. The zero-order valence-corrected chi connectivity index (χ0v) is 19.1. The zero-order valence-electron chi connectivity index (χ0n) is 18.3. The van der Waals surface area contributed by atoms with Crippen molar-refractivity contribution in [3.05, 3.63) is 70.5 Å². The summed E-state index contributed by atoms with van der Waals surface area (Å²) in [5, 5.41) is 12.5. The quantitative estimate of drug-likeness (QED) is 0.536. The van der Waals surface area contributed by atoms with Crippen molar-refractivity contribution in [2.75, 3.05) is 7.05 Å². The lowest BCUT2D eigenvalue weighted by molar-refractivity contribution is -0.149. The summed E-state index contributed by atoms with van der Waals surface area (Å²) in [5.41, 5.74) is -0.0200. The van der Waals surface area contributed by atoms with E-state index in [4.69, 9.17) is 0 Å². The monoisotopic (exact) mass is 471 g/mol. The number of nitrogens with one attached hydrogen (secondary N) is 1. The Morgan fingerprint density at radius 2 is 2.12 bits per heavy atom. The van der Waals surface area contributed by atoms with Gasteiger partial charge in [0.15, 0.2) is 5.82 Å². The van der Waals surface area contributed by atoms with Crippen molar-refractivity contribution >= 4 is 16.0 Å². The number of hydrogen-bond acceptors (Lipinski definition) is 6. The van der Waals surface area contributed by atoms with E-state index in [-0.39, 0.29) is 16.3 Å². The molecule has 0 bridgehead atoms. The van der Waals surface area contributed by atoms with Crippen LogP contribution in [-0.4, -0.2) is 56.6 Å². The van der Waals surface area contributed by atoms with E-state index in [1.165, 1.54) is 30.1 Å². The molecule has 1 saturated carbocycles. The lowest BCUT2D eigenvalue weighted by atomic mass is 9.85. The molecule has 3 aromatic heterocycles. The molecule has 0 radical (unpaired) electrons. The van der Waals surface area contributed by atoms with Crippen LogP contribution in [0.1, 0.15) is 37.3 Å². The largest absolute Gasteiger partial charge is 0.481 e. The molecule has 2 N–H and O–H groups in total. The molecule has 11 heteroatoms. The minimum Gasteiger partial charge on any atom is -0.481 e. The normalized spacial score (nSPS) is 20.9. The van der Waals surface area contributed by atoms with Crippen LogP contribution in [-0.2, 0) is 21.2 Å². The van der Waals surface area contributed by atoms with Gasteiger partial charge < -0.3 is 5.11 Å². The molecule has 0 aromatic carbocycles. The Morgan fingerprint density at radius 1 is 1.33 bits per heavy atom. The maximum Gasteiger partial charge on any atom is 0.310 e. The number of hydrogen-bond donors (Lipinski definition) is 2. The van der Waals surface area contributed by atoms with E-state index < -0.39 is 27.4 Å². The van der Waals surface area contributed by atoms with Crippen LogP contribution in [0.25, 0.3) is 5.82 Å². The first-order chi connectivity index (χ1) is 15.6. The molecule has 3 aromatic rings. The minimum atomic E-state index is -3.97. The Bertz CT molecular complexity index is 1320. The second kappa shape index (κ2) is 8.56. The number of aliphatic carboxylic acids is 1. The van der Waals surface area contributed by atoms with Crippen LogP contribution in [0.15, 0.2) is 58.7 Å². The van der Waals surface area contributed by atoms with Crippen LogP contribution in [0.3, 0.4) is 0 Å². The molecule has 4 rings (SSSR count). The summed E-state index contributed by atoms with van der Waals surface area (Å²) >= 11 is 0. The Labute approximate surface area is 191 Å². The molecule has 0 spiro atoms. The van der Waals surface area contributed by atoms with E-state index in [0.717, 1.165) is 9.87 Å². The number of pyridine rings is 2. The molecule has 2 atom stereocenters. The number of sulfonamides is 1. The van der Waals surface area contributed by atoms with Gasteiger partial charge in [-0.3, -0.25) is 19.7 Å². The number of nitrogens with zero attached hydrogens (tertiary/aromatic N) is 4. The summed E-state index contributed by atoms with van der Waals surface area (Å²) < 4.78 is 28.7. The summed E-state index contributed by atoms with van der Waals surface area (Å²) in [5.74, 6) is -0.760. The van der Waals surface area contributed by atoms with Crippen molar-refractivity contribution in [1.82, 2.24) is 24.1 Å². The van der Waals surface area contributed by atoms with Gasteiger partial charge in [0.05, 0.1) is 5.41 Å². The standard InChI is InChI=1S/C22H25N5O5S/c1-22(21(29)30)9-3-6-18(22)26(2)33(31,32)17-7-8-19(24-14-17)27-20(28)16(13-25-27)11-15-5-4-10-23-12-15/h4-5,7-8,10,12-14,18,25H,3,6,9,11H2,1-2H3,(H,29,30)/t18-,22+/m1/s1. The molecular weight excluding hydrogens is 446 g/mol. The molecule has 10 nitrogen and oxygen atoms in total. The number of aromatic nitrogens is 4. The highest BCUT2D eigenvalue weighted by Gasteiger charge is 2.49. The molecule has 33 heavy (non-hydrogen) atoms. The van der Waals surface area contributed by atoms with E-state index in [1.54, 1.807) is 31.6 Å². The Morgan fingerprint density at radius 3 is 2.76 bits per heavy atom. The van der Waals surface area contributed by atoms with Gasteiger partial charge in [-0.05, 0) is 43.5 Å². The van der Waals surface area contributed by atoms with E-state index in [1.807, 2.05) is 6.07 Å². The highest BCUT2D eigenvalue weighted by Crippen LogP contribution is 2.42. The Kier molecular flexibility index (Phi) is 5.93. The van der Waals surface area contributed by atoms with Gasteiger partial charge >= 0.3 is 5.97 Å². The second-order valence-corrected chi connectivity index (χ2v) is 10.5. The molecule has 1 fully saturated rings. The first kappa shape index (κ1) is 22.9. The topological polar surface area (TPSA) is 138 Å². The van der Waals surface area contributed by atoms with Crippen molar-refractivity contribution in [2.24, 2.45) is 5.41 Å². The summed E-state index contributed by atoms with van der Waals surface area (Å²) in [4.78, 5) is 32.7. The molecular formula is C22H25N5O5S. The predicted octanol–water partition coefficient (Wildman–Crippen LogP) is 1.81. The summed E-state index contributed by atoms with van der Waals surface area (Å²) in [7, 11) is -2.57. The van der Waals surface area contributed by atoms with Gasteiger partial charge in [-0.2, -0.15) is 4.31 Å². The molecule has 0 aliphatic heterocycles. The van der Waals surface area contributed by atoms with Crippen molar-refractivity contribution in [3.8, 4) is 5.82 Å². The van der Waals surface area contributed by atoms with Gasteiger partial charge in [0.25, 0.3) is 5.56 Å². The van der Waals surface area contributed by atoms with Gasteiger partial charge in [0.2, 0.25) is 10.0 Å². The first-order valence-electron chi connectivity index (χ1n) is 10.5. The summed E-state index contributed by atoms with van der Waals surface area (Å²) in [6.45, 7) is 1.58. The average molecular weight is 472 g/mol.